The van der Waals surface area contributed by atoms with Crippen molar-refractivity contribution in [2.45, 2.75) is 6.54 Å². The van der Waals surface area contributed by atoms with Gasteiger partial charge in [-0.2, -0.15) is 5.10 Å². The lowest BCUT2D eigenvalue weighted by molar-refractivity contribution is 0.0760. The number of aliphatic hydroxyl groups excluding tert-OH is 1. The quantitative estimate of drug-likeness (QED) is 0.720. The maximum absolute atomic E-state index is 11.7. The van der Waals surface area contributed by atoms with E-state index >= 15 is 0 Å². The van der Waals surface area contributed by atoms with Crippen molar-refractivity contribution < 1.29 is 14.6 Å². The SMILES string of the molecule is CN(CCO)C(=O)c1cc2n(n1)CCO2. The number of hydrogen-bond acceptors (Lipinski definition) is 4. The van der Waals surface area contributed by atoms with E-state index in [-0.39, 0.29) is 12.5 Å². The minimum atomic E-state index is -0.199. The van der Waals surface area contributed by atoms with Crippen molar-refractivity contribution in [2.75, 3.05) is 26.8 Å². The molecular weight excluding hydrogens is 198 g/mol. The fourth-order valence-corrected chi connectivity index (χ4v) is 1.46. The first-order valence-corrected chi connectivity index (χ1v) is 4.79. The van der Waals surface area contributed by atoms with Crippen molar-refractivity contribution >= 4 is 5.91 Å². The third-order valence-electron chi connectivity index (χ3n) is 2.30. The molecule has 0 radical (unpaired) electrons. The Morgan fingerprint density at radius 2 is 2.60 bits per heavy atom. The maximum atomic E-state index is 11.7. The molecular formula is C9H13N3O3. The molecule has 0 spiro atoms. The number of aromatic nitrogens is 2. The van der Waals surface area contributed by atoms with Gasteiger partial charge in [0.2, 0.25) is 5.88 Å². The number of rotatable bonds is 3. The Kier molecular flexibility index (Phi) is 2.59. The minimum absolute atomic E-state index is 0.0493. The third-order valence-corrected chi connectivity index (χ3v) is 2.30. The predicted molar refractivity (Wildman–Crippen MR) is 51.8 cm³/mol. The molecule has 6 heteroatoms. The van der Waals surface area contributed by atoms with E-state index in [0.717, 1.165) is 0 Å². The van der Waals surface area contributed by atoms with Gasteiger partial charge in [-0.25, -0.2) is 4.68 Å². The standard InChI is InChI=1S/C9H13N3O3/c1-11(2-4-13)9(14)7-6-8-12(10-7)3-5-15-8/h6,13H,2-5H2,1H3. The highest BCUT2D eigenvalue weighted by molar-refractivity contribution is 5.92. The Morgan fingerprint density at radius 1 is 1.80 bits per heavy atom. The van der Waals surface area contributed by atoms with E-state index in [1.54, 1.807) is 17.8 Å². The van der Waals surface area contributed by atoms with Gasteiger partial charge in [-0.05, 0) is 0 Å². The summed E-state index contributed by atoms with van der Waals surface area (Å²) in [5.41, 5.74) is 0.362. The van der Waals surface area contributed by atoms with Gasteiger partial charge in [0, 0.05) is 19.7 Å². The molecule has 6 nitrogen and oxygen atoms in total. The summed E-state index contributed by atoms with van der Waals surface area (Å²) < 4.78 is 6.92. The van der Waals surface area contributed by atoms with Crippen LogP contribution in [0.25, 0.3) is 0 Å². The van der Waals surface area contributed by atoms with Gasteiger partial charge in [-0.3, -0.25) is 4.79 Å². The molecule has 0 fully saturated rings. The molecule has 0 unspecified atom stereocenters. The minimum Gasteiger partial charge on any atom is -0.476 e. The van der Waals surface area contributed by atoms with E-state index < -0.39 is 0 Å². The average molecular weight is 211 g/mol. The van der Waals surface area contributed by atoms with Crippen LogP contribution in [0.3, 0.4) is 0 Å². The summed E-state index contributed by atoms with van der Waals surface area (Å²) in [6.07, 6.45) is 0. The topological polar surface area (TPSA) is 67.6 Å². The Morgan fingerprint density at radius 3 is 3.27 bits per heavy atom. The van der Waals surface area contributed by atoms with Crippen LogP contribution in [0.5, 0.6) is 5.88 Å². The van der Waals surface area contributed by atoms with Gasteiger partial charge in [0.1, 0.15) is 6.61 Å². The van der Waals surface area contributed by atoms with E-state index in [9.17, 15) is 4.79 Å². The lowest BCUT2D eigenvalue weighted by Gasteiger charge is -2.13. The Labute approximate surface area is 87.1 Å². The van der Waals surface area contributed by atoms with Gasteiger partial charge in [0.05, 0.1) is 13.2 Å². The summed E-state index contributed by atoms with van der Waals surface area (Å²) in [7, 11) is 1.63. The first-order valence-electron chi connectivity index (χ1n) is 4.79. The second-order valence-electron chi connectivity index (χ2n) is 3.39. The van der Waals surface area contributed by atoms with Crippen molar-refractivity contribution in [1.82, 2.24) is 14.7 Å². The number of carbonyl (C=O) groups excluding carboxylic acids is 1. The number of ether oxygens (including phenoxy) is 1. The molecule has 1 aliphatic rings. The van der Waals surface area contributed by atoms with Crippen LogP contribution in [-0.4, -0.2) is 52.5 Å². The molecule has 1 amide bonds. The number of fused-ring (bicyclic) bond motifs is 1. The normalized spacial score (nSPS) is 13.5. The molecule has 82 valence electrons. The molecule has 1 aromatic rings. The number of aliphatic hydroxyl groups is 1. The first kappa shape index (κ1) is 9.97. The van der Waals surface area contributed by atoms with E-state index in [2.05, 4.69) is 5.10 Å². The molecule has 1 aliphatic heterocycles. The highest BCUT2D eigenvalue weighted by Gasteiger charge is 2.20. The molecule has 1 aromatic heterocycles. The van der Waals surface area contributed by atoms with Crippen LogP contribution < -0.4 is 4.74 Å². The lowest BCUT2D eigenvalue weighted by atomic mass is 10.3. The summed E-state index contributed by atoms with van der Waals surface area (Å²) in [6, 6.07) is 1.63. The molecule has 0 bridgehead atoms. The van der Waals surface area contributed by atoms with Gasteiger partial charge in [0.15, 0.2) is 5.69 Å². The van der Waals surface area contributed by atoms with E-state index in [1.165, 1.54) is 4.90 Å². The fraction of sp³-hybridized carbons (Fsp3) is 0.556. The van der Waals surface area contributed by atoms with Crippen LogP contribution >= 0.6 is 0 Å². The monoisotopic (exact) mass is 211 g/mol. The number of hydrogen-bond donors (Lipinski definition) is 1. The molecule has 0 saturated heterocycles. The van der Waals surface area contributed by atoms with Gasteiger partial charge in [0.25, 0.3) is 5.91 Å². The Hall–Kier alpha value is -1.56. The smallest absolute Gasteiger partial charge is 0.274 e. The van der Waals surface area contributed by atoms with Crippen molar-refractivity contribution in [1.29, 1.82) is 0 Å². The van der Waals surface area contributed by atoms with Crippen molar-refractivity contribution in [2.24, 2.45) is 0 Å². The molecule has 0 aliphatic carbocycles. The van der Waals surface area contributed by atoms with E-state index in [1.807, 2.05) is 0 Å². The summed E-state index contributed by atoms with van der Waals surface area (Å²) in [6.45, 7) is 1.56. The summed E-state index contributed by atoms with van der Waals surface area (Å²) in [5, 5.41) is 12.8. The zero-order valence-electron chi connectivity index (χ0n) is 8.51. The molecule has 0 atom stereocenters. The van der Waals surface area contributed by atoms with Crippen molar-refractivity contribution in [3.05, 3.63) is 11.8 Å². The van der Waals surface area contributed by atoms with E-state index in [0.29, 0.717) is 31.3 Å². The van der Waals surface area contributed by atoms with Crippen LogP contribution in [0.4, 0.5) is 0 Å². The van der Waals surface area contributed by atoms with Crippen molar-refractivity contribution in [3.63, 3.8) is 0 Å². The lowest BCUT2D eigenvalue weighted by Crippen LogP contribution is -2.29. The van der Waals surface area contributed by atoms with Crippen LogP contribution in [0.15, 0.2) is 6.07 Å². The summed E-state index contributed by atoms with van der Waals surface area (Å²) >= 11 is 0. The molecule has 2 rings (SSSR count). The Bertz CT molecular complexity index is 353. The molecule has 2 heterocycles. The zero-order valence-corrected chi connectivity index (χ0v) is 8.51. The second kappa shape index (κ2) is 3.90. The maximum Gasteiger partial charge on any atom is 0.274 e. The fourth-order valence-electron chi connectivity index (χ4n) is 1.46. The third kappa shape index (κ3) is 1.80. The highest BCUT2D eigenvalue weighted by Crippen LogP contribution is 2.18. The highest BCUT2D eigenvalue weighted by atomic mass is 16.5. The number of nitrogens with zero attached hydrogens (tertiary/aromatic N) is 3. The van der Waals surface area contributed by atoms with Gasteiger partial charge >= 0.3 is 0 Å². The largest absolute Gasteiger partial charge is 0.476 e. The van der Waals surface area contributed by atoms with E-state index in [4.69, 9.17) is 9.84 Å². The second-order valence-corrected chi connectivity index (χ2v) is 3.39. The van der Waals surface area contributed by atoms with Gasteiger partial charge in [-0.1, -0.05) is 0 Å². The van der Waals surface area contributed by atoms with Crippen LogP contribution in [0.2, 0.25) is 0 Å². The number of likely N-dealkylation sites (N-methyl/N-ethyl adjacent to an activating group) is 1. The number of carbonyl (C=O) groups is 1. The van der Waals surface area contributed by atoms with Crippen molar-refractivity contribution in [3.8, 4) is 5.88 Å². The van der Waals surface area contributed by atoms with Crippen LogP contribution in [0.1, 0.15) is 10.5 Å². The zero-order chi connectivity index (χ0) is 10.8. The molecule has 15 heavy (non-hydrogen) atoms. The van der Waals surface area contributed by atoms with Gasteiger partial charge in [-0.15, -0.1) is 0 Å². The average Bonchev–Trinajstić information content (AvgIpc) is 2.75. The number of amides is 1. The molecule has 0 saturated carbocycles. The summed E-state index contributed by atoms with van der Waals surface area (Å²) in [4.78, 5) is 13.2. The first-order chi connectivity index (χ1) is 7.22. The van der Waals surface area contributed by atoms with Gasteiger partial charge < -0.3 is 14.7 Å². The summed E-state index contributed by atoms with van der Waals surface area (Å²) in [5.74, 6) is 0.435. The molecule has 1 N–H and O–H groups in total. The Balaban J connectivity index is 2.12. The van der Waals surface area contributed by atoms with Crippen LogP contribution in [0, 0.1) is 0 Å². The predicted octanol–water partition coefficient (Wildman–Crippen LogP) is -0.660. The molecule has 0 aromatic carbocycles. The van der Waals surface area contributed by atoms with Crippen LogP contribution in [-0.2, 0) is 6.54 Å².